The van der Waals surface area contributed by atoms with E-state index < -0.39 is 0 Å². The van der Waals surface area contributed by atoms with Gasteiger partial charge in [-0.05, 0) is 44.7 Å². The molecule has 3 heterocycles. The summed E-state index contributed by atoms with van der Waals surface area (Å²) >= 11 is 6.48. The number of nitrogens with one attached hydrogen (secondary N) is 2. The monoisotopic (exact) mass is 467 g/mol. The number of hydrogen-bond donors (Lipinski definition) is 4. The number of hydrogen-bond acceptors (Lipinski definition) is 8. The number of piperidine rings is 1. The maximum Gasteiger partial charge on any atom is 0.273 e. The van der Waals surface area contributed by atoms with E-state index in [0.29, 0.717) is 24.4 Å². The number of carbonyl (C=O) groups is 1. The molecule has 1 aromatic rings. The summed E-state index contributed by atoms with van der Waals surface area (Å²) in [6.45, 7) is 7.73. The number of halogens is 1. The first-order valence-corrected chi connectivity index (χ1v) is 12.2. The molecule has 32 heavy (non-hydrogen) atoms. The largest absolute Gasteiger partial charge is 0.400 e. The maximum atomic E-state index is 12.4. The van der Waals surface area contributed by atoms with Crippen molar-refractivity contribution < 1.29 is 9.90 Å². The fourth-order valence-electron chi connectivity index (χ4n) is 4.71. The van der Waals surface area contributed by atoms with Crippen molar-refractivity contribution in [3.05, 3.63) is 10.8 Å². The van der Waals surface area contributed by atoms with Crippen LogP contribution in [0.25, 0.3) is 0 Å². The topological polar surface area (TPSA) is 120 Å². The number of rotatable bonds is 7. The third-order valence-electron chi connectivity index (χ3n) is 6.69. The fraction of sp³-hybridized carbons (Fsp3) is 0.773. The van der Waals surface area contributed by atoms with Gasteiger partial charge >= 0.3 is 0 Å². The highest BCUT2D eigenvalue weighted by Gasteiger charge is 2.33. The summed E-state index contributed by atoms with van der Waals surface area (Å²) in [5.41, 5.74) is 6.24. The van der Waals surface area contributed by atoms with Crippen LogP contribution < -0.4 is 21.3 Å². The number of piperazine rings is 1. The van der Waals surface area contributed by atoms with E-state index in [-0.39, 0.29) is 22.6 Å². The molecule has 0 radical (unpaired) electrons. The number of nitrogens with two attached hydrogens (primary N) is 1. The number of aliphatic hydroxyl groups is 1. The van der Waals surface area contributed by atoms with E-state index in [1.165, 1.54) is 25.7 Å². The van der Waals surface area contributed by atoms with E-state index in [9.17, 15) is 4.79 Å². The predicted molar refractivity (Wildman–Crippen MR) is 128 cm³/mol. The average molecular weight is 468 g/mol. The van der Waals surface area contributed by atoms with Crippen molar-refractivity contribution >= 4 is 29.1 Å². The molecule has 1 saturated carbocycles. The molecule has 0 unspecified atom stereocenters. The fourth-order valence-corrected chi connectivity index (χ4v) is 4.96. The van der Waals surface area contributed by atoms with E-state index in [2.05, 4.69) is 37.3 Å². The smallest absolute Gasteiger partial charge is 0.273 e. The van der Waals surface area contributed by atoms with Gasteiger partial charge in [0.15, 0.2) is 22.5 Å². The van der Waals surface area contributed by atoms with Crippen molar-refractivity contribution in [2.75, 3.05) is 57.0 Å². The molecule has 180 valence electrons. The summed E-state index contributed by atoms with van der Waals surface area (Å²) < 4.78 is 0. The number of aromatic nitrogens is 2. The minimum atomic E-state index is -0.295. The minimum absolute atomic E-state index is 0.125. The quantitative estimate of drug-likeness (QED) is 0.476. The van der Waals surface area contributed by atoms with Crippen LogP contribution in [0.2, 0.25) is 5.15 Å². The predicted octanol–water partition coefficient (Wildman–Crippen LogP) is 1.50. The summed E-state index contributed by atoms with van der Waals surface area (Å²) in [7, 11) is 1.00. The molecule has 0 spiro atoms. The van der Waals surface area contributed by atoms with E-state index in [1.54, 1.807) is 0 Å². The van der Waals surface area contributed by atoms with Gasteiger partial charge in [0, 0.05) is 45.4 Å². The second kappa shape index (κ2) is 12.0. The Morgan fingerprint density at radius 1 is 1.22 bits per heavy atom. The second-order valence-electron chi connectivity index (χ2n) is 8.79. The zero-order valence-electron chi connectivity index (χ0n) is 19.3. The molecule has 10 heteroatoms. The van der Waals surface area contributed by atoms with E-state index in [1.807, 2.05) is 0 Å². The normalized spacial score (nSPS) is 22.2. The second-order valence-corrected chi connectivity index (χ2v) is 9.14. The Kier molecular flexibility index (Phi) is 9.34. The molecule has 1 aromatic heterocycles. The van der Waals surface area contributed by atoms with Gasteiger partial charge in [0.1, 0.15) is 0 Å². The zero-order valence-corrected chi connectivity index (χ0v) is 20.1. The van der Waals surface area contributed by atoms with Gasteiger partial charge in [-0.3, -0.25) is 9.69 Å². The van der Waals surface area contributed by atoms with Crippen LogP contribution in [0, 0.1) is 5.92 Å². The number of nitrogens with zero attached hydrogens (tertiary/aromatic N) is 4. The molecule has 2 saturated heterocycles. The molecule has 1 aliphatic carbocycles. The zero-order chi connectivity index (χ0) is 23.1. The Labute approximate surface area is 196 Å². The minimum Gasteiger partial charge on any atom is -0.400 e. The third-order valence-corrected chi connectivity index (χ3v) is 6.94. The van der Waals surface area contributed by atoms with Gasteiger partial charge in [0.25, 0.3) is 5.91 Å². The van der Waals surface area contributed by atoms with Crippen molar-refractivity contribution in [1.29, 1.82) is 0 Å². The number of anilines is 2. The first-order chi connectivity index (χ1) is 15.6. The SMILES string of the molecule is CC[C@H]1CN(c2nc(N)c(C(=O)NCCC3CC3)nc2Cl)CCN1C1CCNCC1.CO. The van der Waals surface area contributed by atoms with Crippen LogP contribution in [0.3, 0.4) is 0 Å². The molecular formula is C22H38ClN7O2. The Bertz CT molecular complexity index is 756. The van der Waals surface area contributed by atoms with Gasteiger partial charge in [-0.2, -0.15) is 0 Å². The van der Waals surface area contributed by atoms with Crippen LogP contribution >= 0.6 is 11.6 Å². The molecule has 0 bridgehead atoms. The Morgan fingerprint density at radius 2 is 1.94 bits per heavy atom. The highest BCUT2D eigenvalue weighted by Crippen LogP contribution is 2.32. The first kappa shape index (κ1) is 25.0. The lowest BCUT2D eigenvalue weighted by molar-refractivity contribution is 0.0933. The van der Waals surface area contributed by atoms with Crippen LogP contribution in [0.15, 0.2) is 0 Å². The lowest BCUT2D eigenvalue weighted by Gasteiger charge is -2.46. The maximum absolute atomic E-state index is 12.4. The molecule has 1 amide bonds. The molecule has 3 aliphatic rings. The third kappa shape index (κ3) is 6.21. The van der Waals surface area contributed by atoms with Crippen LogP contribution in [-0.2, 0) is 0 Å². The van der Waals surface area contributed by atoms with Crippen molar-refractivity contribution in [3.63, 3.8) is 0 Å². The summed E-state index contributed by atoms with van der Waals surface area (Å²) in [6, 6.07) is 1.10. The number of amides is 1. The van der Waals surface area contributed by atoms with Gasteiger partial charge in [0.2, 0.25) is 0 Å². The Balaban J connectivity index is 0.00000141. The van der Waals surface area contributed by atoms with Gasteiger partial charge < -0.3 is 26.4 Å². The number of carbonyl (C=O) groups excluding carboxylic acids is 1. The molecule has 1 atom stereocenters. The van der Waals surface area contributed by atoms with Gasteiger partial charge in [-0.15, -0.1) is 0 Å². The van der Waals surface area contributed by atoms with Crippen LogP contribution in [0.4, 0.5) is 11.6 Å². The van der Waals surface area contributed by atoms with Crippen molar-refractivity contribution in [1.82, 2.24) is 25.5 Å². The molecule has 5 N–H and O–H groups in total. The van der Waals surface area contributed by atoms with Crippen molar-refractivity contribution in [2.45, 2.75) is 57.5 Å². The van der Waals surface area contributed by atoms with Crippen molar-refractivity contribution in [3.8, 4) is 0 Å². The number of aliphatic hydroxyl groups excluding tert-OH is 1. The summed E-state index contributed by atoms with van der Waals surface area (Å²) in [4.78, 5) is 26.1. The summed E-state index contributed by atoms with van der Waals surface area (Å²) in [5.74, 6) is 1.20. The molecule has 3 fully saturated rings. The summed E-state index contributed by atoms with van der Waals surface area (Å²) in [5, 5.41) is 13.6. The molecule has 4 rings (SSSR count). The van der Waals surface area contributed by atoms with E-state index >= 15 is 0 Å². The van der Waals surface area contributed by atoms with Crippen molar-refractivity contribution in [2.24, 2.45) is 5.92 Å². The van der Waals surface area contributed by atoms with Gasteiger partial charge in [-0.1, -0.05) is 31.4 Å². The summed E-state index contributed by atoms with van der Waals surface area (Å²) in [6.07, 6.45) is 7.01. The van der Waals surface area contributed by atoms with Crippen LogP contribution in [0.5, 0.6) is 0 Å². The Morgan fingerprint density at radius 3 is 2.59 bits per heavy atom. The molecular weight excluding hydrogens is 430 g/mol. The first-order valence-electron chi connectivity index (χ1n) is 11.8. The van der Waals surface area contributed by atoms with Crippen LogP contribution in [0.1, 0.15) is 55.9 Å². The van der Waals surface area contributed by atoms with Crippen LogP contribution in [-0.4, -0.2) is 84.3 Å². The number of nitrogen functional groups attached to an aromatic ring is 1. The molecule has 2 aliphatic heterocycles. The lowest BCUT2D eigenvalue weighted by Crippen LogP contribution is -2.58. The molecule has 9 nitrogen and oxygen atoms in total. The highest BCUT2D eigenvalue weighted by molar-refractivity contribution is 6.32. The Hall–Kier alpha value is -1.68. The van der Waals surface area contributed by atoms with Gasteiger partial charge in [0.05, 0.1) is 0 Å². The van der Waals surface area contributed by atoms with E-state index in [0.717, 1.165) is 58.6 Å². The average Bonchev–Trinajstić information content (AvgIpc) is 3.66. The standard InChI is InChI=1S/C21H34ClN7O.CH4O/c1-2-15-13-28(11-12-29(15)16-6-8-24-9-7-16)20-18(22)26-17(19(23)27-20)21(30)25-10-5-14-3-4-14;1-2/h14-16,24H,2-13H2,1H3,(H2,23,27)(H,25,30);2H,1H3/t15-;/m0./s1. The lowest BCUT2D eigenvalue weighted by atomic mass is 9.99. The van der Waals surface area contributed by atoms with E-state index in [4.69, 9.17) is 22.4 Å². The molecule has 0 aromatic carbocycles. The highest BCUT2D eigenvalue weighted by atomic mass is 35.5. The van der Waals surface area contributed by atoms with Gasteiger partial charge in [-0.25, -0.2) is 9.97 Å².